The van der Waals surface area contributed by atoms with Crippen molar-refractivity contribution in [3.63, 3.8) is 0 Å². The summed E-state index contributed by atoms with van der Waals surface area (Å²) in [6.07, 6.45) is 0.0964. The fourth-order valence-corrected chi connectivity index (χ4v) is 2.99. The highest BCUT2D eigenvalue weighted by Gasteiger charge is 2.19. The second kappa shape index (κ2) is 3.82. The normalized spacial score (nSPS) is 11.2. The molecule has 0 aliphatic rings. The summed E-state index contributed by atoms with van der Waals surface area (Å²) in [6.45, 7) is 4.27. The third-order valence-electron chi connectivity index (χ3n) is 1.11. The van der Waals surface area contributed by atoms with Gasteiger partial charge in [-0.2, -0.15) is 0 Å². The molecule has 0 aromatic rings. The molecular formula is C7H13O3P. The van der Waals surface area contributed by atoms with E-state index >= 15 is 0 Å². The number of carbonyl (C=O) groups is 2. The minimum Gasteiger partial charge on any atom is -0.323 e. The zero-order valence-electron chi connectivity index (χ0n) is 7.09. The van der Waals surface area contributed by atoms with Crippen molar-refractivity contribution in [2.75, 3.05) is 19.0 Å². The highest BCUT2D eigenvalue weighted by molar-refractivity contribution is 7.64. The highest BCUT2D eigenvalue weighted by Crippen LogP contribution is 2.40. The van der Waals surface area contributed by atoms with E-state index < -0.39 is 7.14 Å². The van der Waals surface area contributed by atoms with E-state index in [2.05, 4.69) is 0 Å². The third kappa shape index (κ3) is 5.99. The summed E-state index contributed by atoms with van der Waals surface area (Å²) >= 11 is 0. The molecule has 0 spiro atoms. The van der Waals surface area contributed by atoms with Crippen LogP contribution in [0.4, 0.5) is 0 Å². The number of ketones is 2. The van der Waals surface area contributed by atoms with Crippen LogP contribution in [0.5, 0.6) is 0 Å². The highest BCUT2D eigenvalue weighted by atomic mass is 31.2. The Morgan fingerprint density at radius 3 is 1.55 bits per heavy atom. The molecule has 0 aromatic carbocycles. The predicted molar refractivity (Wildman–Crippen MR) is 44.6 cm³/mol. The van der Waals surface area contributed by atoms with Gasteiger partial charge >= 0.3 is 0 Å². The first-order valence-corrected chi connectivity index (χ1v) is 5.90. The second-order valence-corrected chi connectivity index (χ2v) is 6.24. The molecule has 0 aromatic heterocycles. The molecule has 0 unspecified atom stereocenters. The maximum atomic E-state index is 11.4. The first kappa shape index (κ1) is 10.6. The van der Waals surface area contributed by atoms with Gasteiger partial charge in [0.1, 0.15) is 11.6 Å². The van der Waals surface area contributed by atoms with Crippen LogP contribution in [0.3, 0.4) is 0 Å². The Morgan fingerprint density at radius 1 is 1.09 bits per heavy atom. The van der Waals surface area contributed by atoms with Gasteiger partial charge in [-0.3, -0.25) is 9.59 Å². The Bertz CT molecular complexity index is 200. The molecule has 0 rings (SSSR count). The minimum absolute atomic E-state index is 0.0482. The average Bonchev–Trinajstić information content (AvgIpc) is 1.53. The lowest BCUT2D eigenvalue weighted by Gasteiger charge is -2.07. The summed E-state index contributed by atoms with van der Waals surface area (Å²) in [4.78, 5) is 21.1. The molecule has 0 atom stereocenters. The van der Waals surface area contributed by atoms with Gasteiger partial charge in [-0.05, 0) is 20.5 Å². The van der Waals surface area contributed by atoms with Crippen molar-refractivity contribution in [2.24, 2.45) is 0 Å². The van der Waals surface area contributed by atoms with E-state index in [1.54, 1.807) is 0 Å². The van der Waals surface area contributed by atoms with Crippen molar-refractivity contribution in [3.05, 3.63) is 0 Å². The van der Waals surface area contributed by atoms with Gasteiger partial charge in [0.05, 0.1) is 19.5 Å². The summed E-state index contributed by atoms with van der Waals surface area (Å²) in [5.74, 6) is -0.228. The molecule has 11 heavy (non-hydrogen) atoms. The molecule has 0 amide bonds. The van der Waals surface area contributed by atoms with Crippen LogP contribution >= 0.6 is 7.14 Å². The maximum absolute atomic E-state index is 11.4. The van der Waals surface area contributed by atoms with Crippen molar-refractivity contribution >= 4 is 18.7 Å². The van der Waals surface area contributed by atoms with Gasteiger partial charge in [0.25, 0.3) is 0 Å². The molecule has 0 saturated carbocycles. The lowest BCUT2D eigenvalue weighted by Crippen LogP contribution is -2.07. The van der Waals surface area contributed by atoms with E-state index in [1.165, 1.54) is 20.5 Å². The molecule has 0 N–H and O–H groups in total. The van der Waals surface area contributed by atoms with Gasteiger partial charge in [0.2, 0.25) is 0 Å². The van der Waals surface area contributed by atoms with Crippen molar-refractivity contribution in [1.82, 2.24) is 0 Å². The molecular weight excluding hydrogens is 163 g/mol. The van der Waals surface area contributed by atoms with Gasteiger partial charge in [0.15, 0.2) is 0 Å². The van der Waals surface area contributed by atoms with E-state index in [9.17, 15) is 14.2 Å². The Balaban J connectivity index is 4.12. The monoisotopic (exact) mass is 176 g/mol. The van der Waals surface area contributed by atoms with E-state index in [0.717, 1.165) is 0 Å². The fraction of sp³-hybridized carbons (Fsp3) is 0.714. The topological polar surface area (TPSA) is 51.2 Å². The van der Waals surface area contributed by atoms with Gasteiger partial charge in [-0.25, -0.2) is 0 Å². The fourth-order valence-electron chi connectivity index (χ4n) is 0.998. The SMILES string of the molecule is CC(=O)CP(C)(=O)CC(C)=O. The van der Waals surface area contributed by atoms with Crippen LogP contribution < -0.4 is 0 Å². The van der Waals surface area contributed by atoms with Gasteiger partial charge in [-0.1, -0.05) is 0 Å². The summed E-state index contributed by atoms with van der Waals surface area (Å²) < 4.78 is 11.4. The Kier molecular flexibility index (Phi) is 3.67. The largest absolute Gasteiger partial charge is 0.323 e. The average molecular weight is 176 g/mol. The lowest BCUT2D eigenvalue weighted by molar-refractivity contribution is -0.115. The quantitative estimate of drug-likeness (QED) is 0.604. The Morgan fingerprint density at radius 2 is 1.36 bits per heavy atom. The van der Waals surface area contributed by atoms with Crippen LogP contribution in [0.1, 0.15) is 13.8 Å². The first-order chi connectivity index (χ1) is 4.83. The first-order valence-electron chi connectivity index (χ1n) is 3.38. The van der Waals surface area contributed by atoms with Crippen LogP contribution in [0.15, 0.2) is 0 Å². The number of hydrogen-bond acceptors (Lipinski definition) is 3. The summed E-state index contributed by atoms with van der Waals surface area (Å²) in [5.41, 5.74) is 0. The smallest absolute Gasteiger partial charge is 0.137 e. The van der Waals surface area contributed by atoms with Gasteiger partial charge in [-0.15, -0.1) is 0 Å². The summed E-state index contributed by atoms with van der Waals surface area (Å²) in [5, 5.41) is 0. The van der Waals surface area contributed by atoms with E-state index in [0.29, 0.717) is 0 Å². The number of carbonyl (C=O) groups excluding carboxylic acids is 2. The molecule has 0 heterocycles. The van der Waals surface area contributed by atoms with Crippen LogP contribution in [0.2, 0.25) is 0 Å². The van der Waals surface area contributed by atoms with E-state index in [1.807, 2.05) is 0 Å². The molecule has 0 fully saturated rings. The molecule has 0 radical (unpaired) electrons. The van der Waals surface area contributed by atoms with Crippen molar-refractivity contribution in [1.29, 1.82) is 0 Å². The van der Waals surface area contributed by atoms with Crippen LogP contribution in [-0.4, -0.2) is 30.6 Å². The molecule has 64 valence electrons. The van der Waals surface area contributed by atoms with Crippen molar-refractivity contribution in [3.8, 4) is 0 Å². The standard InChI is InChI=1S/C7H13O3P/c1-6(8)4-11(3,10)5-7(2)9/h4-5H2,1-3H3. The lowest BCUT2D eigenvalue weighted by atomic mass is 10.5. The van der Waals surface area contributed by atoms with E-state index in [4.69, 9.17) is 0 Å². The molecule has 4 heteroatoms. The van der Waals surface area contributed by atoms with Crippen LogP contribution in [0, 0.1) is 0 Å². The predicted octanol–water partition coefficient (Wildman–Crippen LogP) is 1.16. The van der Waals surface area contributed by atoms with Crippen LogP contribution in [0.25, 0.3) is 0 Å². The number of rotatable bonds is 4. The minimum atomic E-state index is -2.50. The molecule has 0 aliphatic heterocycles. The van der Waals surface area contributed by atoms with Crippen molar-refractivity contribution < 1.29 is 14.2 Å². The molecule has 3 nitrogen and oxygen atoms in total. The molecule has 0 aliphatic carbocycles. The zero-order valence-corrected chi connectivity index (χ0v) is 7.98. The second-order valence-electron chi connectivity index (χ2n) is 3.02. The third-order valence-corrected chi connectivity index (χ3v) is 3.34. The summed E-state index contributed by atoms with van der Waals surface area (Å²) in [6, 6.07) is 0. The summed E-state index contributed by atoms with van der Waals surface area (Å²) in [7, 11) is -2.50. The van der Waals surface area contributed by atoms with Gasteiger partial charge in [0, 0.05) is 0 Å². The van der Waals surface area contributed by atoms with E-state index in [-0.39, 0.29) is 23.9 Å². The van der Waals surface area contributed by atoms with Crippen LogP contribution in [-0.2, 0) is 14.2 Å². The number of hydrogen-bond donors (Lipinski definition) is 0. The zero-order chi connectivity index (χ0) is 9.07. The number of Topliss-reactive ketones (excluding diaryl/α,β-unsaturated/α-hetero) is 2. The molecule has 0 saturated heterocycles. The maximum Gasteiger partial charge on any atom is 0.137 e. The Hall–Kier alpha value is -0.430. The van der Waals surface area contributed by atoms with Crippen molar-refractivity contribution in [2.45, 2.75) is 13.8 Å². The molecule has 0 bridgehead atoms. The van der Waals surface area contributed by atoms with Gasteiger partial charge < -0.3 is 4.57 Å². The Labute approximate surface area is 66.5 Å².